The Labute approximate surface area is 126 Å². The van der Waals surface area contributed by atoms with Crippen LogP contribution in [0.15, 0.2) is 12.5 Å². The zero-order chi connectivity index (χ0) is 15.0. The molecular weight excluding hydrogens is 290 g/mol. The zero-order valence-corrected chi connectivity index (χ0v) is 13.4. The average molecular weight is 313 g/mol. The van der Waals surface area contributed by atoms with Crippen LogP contribution < -0.4 is 0 Å². The quantitative estimate of drug-likeness (QED) is 0.856. The number of hydrogen-bond donors (Lipinski definition) is 1. The molecule has 3 aliphatic heterocycles. The second kappa shape index (κ2) is 5.68. The summed E-state index contributed by atoms with van der Waals surface area (Å²) in [5, 5.41) is 0. The van der Waals surface area contributed by atoms with Crippen LogP contribution in [-0.2, 0) is 16.8 Å². The van der Waals surface area contributed by atoms with E-state index in [9.17, 15) is 8.42 Å². The highest BCUT2D eigenvalue weighted by Gasteiger charge is 2.39. The number of fused-ring (bicyclic) bond motifs is 4. The molecule has 0 aromatic carbocycles. The highest BCUT2D eigenvalue weighted by atomic mass is 32.2. The van der Waals surface area contributed by atoms with E-state index in [4.69, 9.17) is 0 Å². The molecule has 1 aromatic rings. The molecule has 0 saturated carbocycles. The van der Waals surface area contributed by atoms with Gasteiger partial charge in [-0.1, -0.05) is 0 Å². The van der Waals surface area contributed by atoms with Gasteiger partial charge in [0, 0.05) is 58.2 Å². The summed E-state index contributed by atoms with van der Waals surface area (Å²) in [5.74, 6) is 0.418. The molecule has 21 heavy (non-hydrogen) atoms. The Balaban J connectivity index is 1.76. The maximum absolute atomic E-state index is 12.4. The normalized spacial score (nSPS) is 28.1. The zero-order valence-electron chi connectivity index (χ0n) is 12.6. The van der Waals surface area contributed by atoms with Crippen LogP contribution in [0.4, 0.5) is 0 Å². The fourth-order valence-electron chi connectivity index (χ4n) is 3.34. The number of H-pyrrole nitrogens is 1. The molecule has 1 aromatic heterocycles. The summed E-state index contributed by atoms with van der Waals surface area (Å²) in [6.45, 7) is 3.00. The van der Waals surface area contributed by atoms with E-state index in [0.29, 0.717) is 25.0 Å². The van der Waals surface area contributed by atoms with Crippen molar-refractivity contribution in [3.05, 3.63) is 18.2 Å². The molecule has 4 heterocycles. The number of nitrogens with zero attached hydrogens (tertiary/aromatic N) is 4. The van der Waals surface area contributed by atoms with Crippen molar-refractivity contribution < 1.29 is 8.42 Å². The second-order valence-corrected chi connectivity index (χ2v) is 8.35. The molecule has 3 saturated heterocycles. The third kappa shape index (κ3) is 2.98. The van der Waals surface area contributed by atoms with Crippen molar-refractivity contribution in [3.63, 3.8) is 0 Å². The summed E-state index contributed by atoms with van der Waals surface area (Å²) in [4.78, 5) is 9.58. The van der Waals surface area contributed by atoms with Crippen LogP contribution in [0.5, 0.6) is 0 Å². The number of aromatic nitrogens is 2. The predicted molar refractivity (Wildman–Crippen MR) is 79.7 cm³/mol. The third-order valence-corrected chi connectivity index (χ3v) is 6.38. The molecule has 4 rings (SSSR count). The van der Waals surface area contributed by atoms with Gasteiger partial charge in [0.2, 0.25) is 0 Å². The van der Waals surface area contributed by atoms with Gasteiger partial charge in [0.25, 0.3) is 10.2 Å². The lowest BCUT2D eigenvalue weighted by molar-refractivity contribution is 0.124. The van der Waals surface area contributed by atoms with Gasteiger partial charge in [0.15, 0.2) is 0 Å². The van der Waals surface area contributed by atoms with Gasteiger partial charge in [-0.15, -0.1) is 0 Å². The second-order valence-electron chi connectivity index (χ2n) is 6.21. The number of imidazole rings is 1. The van der Waals surface area contributed by atoms with Gasteiger partial charge in [0.05, 0.1) is 6.33 Å². The largest absolute Gasteiger partial charge is 0.347 e. The number of hydrogen-bond acceptors (Lipinski definition) is 4. The Kier molecular flexibility index (Phi) is 4.04. The molecule has 0 unspecified atom stereocenters. The Morgan fingerprint density at radius 3 is 2.81 bits per heavy atom. The van der Waals surface area contributed by atoms with Crippen LogP contribution in [-0.4, -0.2) is 71.7 Å². The van der Waals surface area contributed by atoms with Crippen LogP contribution in [0.3, 0.4) is 0 Å². The molecule has 0 spiro atoms. The first-order valence-corrected chi connectivity index (χ1v) is 8.75. The summed E-state index contributed by atoms with van der Waals surface area (Å²) in [5.41, 5.74) is 1.09. The average Bonchev–Trinajstić information content (AvgIpc) is 2.76. The molecule has 8 heteroatoms. The lowest BCUT2D eigenvalue weighted by atomic mass is 9.95. The monoisotopic (exact) mass is 313 g/mol. The van der Waals surface area contributed by atoms with Crippen molar-refractivity contribution in [1.29, 1.82) is 0 Å². The molecule has 0 radical (unpaired) electrons. The number of aromatic amines is 1. The van der Waals surface area contributed by atoms with E-state index in [-0.39, 0.29) is 0 Å². The summed E-state index contributed by atoms with van der Waals surface area (Å²) >= 11 is 0. The van der Waals surface area contributed by atoms with Crippen LogP contribution >= 0.6 is 0 Å². The van der Waals surface area contributed by atoms with E-state index in [1.807, 2.05) is 6.20 Å². The Bertz CT molecular complexity index is 571. The molecule has 118 valence electrons. The summed E-state index contributed by atoms with van der Waals surface area (Å²) in [6, 6.07) is 0.293. The van der Waals surface area contributed by atoms with Gasteiger partial charge < -0.3 is 4.98 Å². The fraction of sp³-hybridized carbons (Fsp3) is 0.769. The summed E-state index contributed by atoms with van der Waals surface area (Å²) in [7, 11) is -0.111. The lowest BCUT2D eigenvalue weighted by Gasteiger charge is -2.35. The van der Waals surface area contributed by atoms with Crippen molar-refractivity contribution in [3.8, 4) is 0 Å². The first-order chi connectivity index (χ1) is 9.96. The van der Waals surface area contributed by atoms with Gasteiger partial charge in [0.1, 0.15) is 0 Å². The van der Waals surface area contributed by atoms with E-state index in [2.05, 4.69) is 14.9 Å². The first kappa shape index (κ1) is 15.0. The van der Waals surface area contributed by atoms with Gasteiger partial charge in [-0.25, -0.2) is 4.98 Å². The number of rotatable bonds is 4. The van der Waals surface area contributed by atoms with Crippen molar-refractivity contribution in [2.45, 2.75) is 25.4 Å². The Morgan fingerprint density at radius 2 is 2.14 bits per heavy atom. The van der Waals surface area contributed by atoms with Crippen molar-refractivity contribution in [2.24, 2.45) is 5.92 Å². The van der Waals surface area contributed by atoms with Gasteiger partial charge in [-0.2, -0.15) is 17.0 Å². The molecule has 2 bridgehead atoms. The minimum Gasteiger partial charge on any atom is -0.347 e. The molecule has 2 atom stereocenters. The van der Waals surface area contributed by atoms with Crippen LogP contribution in [0.2, 0.25) is 0 Å². The lowest BCUT2D eigenvalue weighted by Crippen LogP contribution is -2.45. The van der Waals surface area contributed by atoms with Crippen molar-refractivity contribution in [1.82, 2.24) is 23.5 Å². The Hall–Kier alpha value is -0.960. The molecule has 0 amide bonds. The molecule has 3 aliphatic rings. The van der Waals surface area contributed by atoms with Crippen LogP contribution in [0.25, 0.3) is 0 Å². The maximum Gasteiger partial charge on any atom is 0.281 e. The SMILES string of the molecule is CN(C)S(=O)(=O)N1C[C@H]2CC[C@@H](C1)N(Cc1cnc[nH]1)C2. The fourth-order valence-corrected chi connectivity index (χ4v) is 4.56. The topological polar surface area (TPSA) is 72.5 Å². The summed E-state index contributed by atoms with van der Waals surface area (Å²) < 4.78 is 27.8. The maximum atomic E-state index is 12.4. The first-order valence-electron chi connectivity index (χ1n) is 7.35. The van der Waals surface area contributed by atoms with Crippen molar-refractivity contribution in [2.75, 3.05) is 33.7 Å². The Morgan fingerprint density at radius 1 is 1.33 bits per heavy atom. The smallest absolute Gasteiger partial charge is 0.281 e. The molecule has 7 nitrogen and oxygen atoms in total. The number of nitrogens with one attached hydrogen (secondary N) is 1. The van der Waals surface area contributed by atoms with Crippen molar-refractivity contribution >= 4 is 10.2 Å². The highest BCUT2D eigenvalue weighted by molar-refractivity contribution is 7.86. The highest BCUT2D eigenvalue weighted by Crippen LogP contribution is 2.30. The predicted octanol–water partition coefficient (Wildman–Crippen LogP) is 0.112. The minimum atomic E-state index is -3.31. The molecule has 0 aliphatic carbocycles. The van der Waals surface area contributed by atoms with E-state index in [1.54, 1.807) is 24.7 Å². The summed E-state index contributed by atoms with van der Waals surface area (Å²) in [6.07, 6.45) is 5.71. The van der Waals surface area contributed by atoms with Crippen LogP contribution in [0.1, 0.15) is 18.5 Å². The molecular formula is C13H23N5O2S. The van der Waals surface area contributed by atoms with E-state index >= 15 is 0 Å². The number of piperidine rings is 1. The molecule has 1 N–H and O–H groups in total. The van der Waals surface area contributed by atoms with Gasteiger partial charge >= 0.3 is 0 Å². The van der Waals surface area contributed by atoms with E-state index in [0.717, 1.165) is 31.6 Å². The minimum absolute atomic E-state index is 0.293. The standard InChI is InChI=1S/C13H23N5O2S/c1-16(2)21(19,20)18-7-11-3-4-13(9-18)17(6-11)8-12-5-14-10-15-12/h5,10-11,13H,3-4,6-9H2,1-2H3,(H,14,15)/t11-,13-/m0/s1. The van der Waals surface area contributed by atoms with E-state index < -0.39 is 10.2 Å². The van der Waals surface area contributed by atoms with Gasteiger partial charge in [-0.05, 0) is 18.8 Å². The third-order valence-electron chi connectivity index (χ3n) is 4.51. The van der Waals surface area contributed by atoms with Crippen LogP contribution in [0, 0.1) is 5.92 Å². The van der Waals surface area contributed by atoms with E-state index in [1.165, 1.54) is 4.31 Å². The van der Waals surface area contributed by atoms with Gasteiger partial charge in [-0.3, -0.25) is 4.90 Å². The molecule has 3 fully saturated rings.